The van der Waals surface area contributed by atoms with E-state index in [1.54, 1.807) is 19.2 Å². The van der Waals surface area contributed by atoms with E-state index in [4.69, 9.17) is 5.14 Å². The Morgan fingerprint density at radius 2 is 2.00 bits per heavy atom. The van der Waals surface area contributed by atoms with E-state index >= 15 is 0 Å². The molecule has 9 nitrogen and oxygen atoms in total. The third-order valence-electron chi connectivity index (χ3n) is 3.56. The highest BCUT2D eigenvalue weighted by Gasteiger charge is 2.08. The standard InChI is InChI=1S/C14H16N6O3S/c1-20-12-11(8-17-20)13(21)19-14(18-12)16-7-6-9-2-4-10(5-3-9)24(15,22)23/h2-5,8H,6-7H2,1H3,(H2,15,22,23)(H2,16,18,19,21). The molecule has 10 heteroatoms. The lowest BCUT2D eigenvalue weighted by Gasteiger charge is -2.06. The second kappa shape index (κ2) is 6.06. The summed E-state index contributed by atoms with van der Waals surface area (Å²) in [5.41, 5.74) is 1.17. The van der Waals surface area contributed by atoms with Crippen LogP contribution in [0.1, 0.15) is 5.56 Å². The normalized spacial score (nSPS) is 11.8. The highest BCUT2D eigenvalue weighted by Crippen LogP contribution is 2.10. The van der Waals surface area contributed by atoms with Gasteiger partial charge in [0.25, 0.3) is 5.56 Å². The topological polar surface area (TPSA) is 136 Å². The quantitative estimate of drug-likeness (QED) is 0.592. The fraction of sp³-hybridized carbons (Fsp3) is 0.214. The van der Waals surface area contributed by atoms with Crippen LogP contribution >= 0.6 is 0 Å². The second-order valence-corrected chi connectivity index (χ2v) is 6.85. The Bertz CT molecular complexity index is 1040. The first-order valence-electron chi connectivity index (χ1n) is 7.12. The lowest BCUT2D eigenvalue weighted by Crippen LogP contribution is -2.15. The molecule has 2 heterocycles. The van der Waals surface area contributed by atoms with E-state index < -0.39 is 10.0 Å². The molecule has 4 N–H and O–H groups in total. The van der Waals surface area contributed by atoms with Gasteiger partial charge in [-0.15, -0.1) is 0 Å². The van der Waals surface area contributed by atoms with Gasteiger partial charge in [0.1, 0.15) is 5.39 Å². The number of nitrogens with two attached hydrogens (primary N) is 1. The highest BCUT2D eigenvalue weighted by molar-refractivity contribution is 7.89. The van der Waals surface area contributed by atoms with Crippen molar-refractivity contribution >= 4 is 27.0 Å². The maximum absolute atomic E-state index is 11.9. The lowest BCUT2D eigenvalue weighted by molar-refractivity contribution is 0.598. The number of fused-ring (bicyclic) bond motifs is 1. The fourth-order valence-electron chi connectivity index (χ4n) is 2.29. The van der Waals surface area contributed by atoms with Crippen molar-refractivity contribution in [3.8, 4) is 0 Å². The van der Waals surface area contributed by atoms with Gasteiger partial charge in [0.05, 0.1) is 11.1 Å². The van der Waals surface area contributed by atoms with E-state index in [1.165, 1.54) is 23.0 Å². The zero-order chi connectivity index (χ0) is 17.3. The molecule has 0 spiro atoms. The Kier molecular flexibility index (Phi) is 4.08. The Hall–Kier alpha value is -2.72. The maximum atomic E-state index is 11.9. The summed E-state index contributed by atoms with van der Waals surface area (Å²) in [6, 6.07) is 6.32. The summed E-state index contributed by atoms with van der Waals surface area (Å²) >= 11 is 0. The van der Waals surface area contributed by atoms with Crippen LogP contribution in [0.4, 0.5) is 5.95 Å². The first kappa shape index (κ1) is 16.1. The van der Waals surface area contributed by atoms with Crippen molar-refractivity contribution in [2.75, 3.05) is 11.9 Å². The number of hydrogen-bond donors (Lipinski definition) is 3. The van der Waals surface area contributed by atoms with Crippen LogP contribution in [0.15, 0.2) is 40.2 Å². The van der Waals surface area contributed by atoms with E-state index in [0.29, 0.717) is 29.9 Å². The summed E-state index contributed by atoms with van der Waals surface area (Å²) in [5.74, 6) is 0.359. The van der Waals surface area contributed by atoms with Crippen LogP contribution in [0.2, 0.25) is 0 Å². The van der Waals surface area contributed by atoms with E-state index in [1.807, 2.05) is 0 Å². The zero-order valence-electron chi connectivity index (χ0n) is 12.9. The van der Waals surface area contributed by atoms with Crippen LogP contribution in [0.25, 0.3) is 11.0 Å². The molecule has 2 aromatic heterocycles. The van der Waals surface area contributed by atoms with Crippen molar-refractivity contribution in [3.63, 3.8) is 0 Å². The Labute approximate surface area is 137 Å². The summed E-state index contributed by atoms with van der Waals surface area (Å²) in [6.45, 7) is 0.515. The van der Waals surface area contributed by atoms with Crippen LogP contribution < -0.4 is 16.0 Å². The molecule has 126 valence electrons. The first-order chi connectivity index (χ1) is 11.3. The molecular formula is C14H16N6O3S. The number of nitrogens with zero attached hydrogens (tertiary/aromatic N) is 3. The van der Waals surface area contributed by atoms with Gasteiger partial charge in [-0.3, -0.25) is 14.5 Å². The molecule has 3 aromatic rings. The molecule has 0 aliphatic carbocycles. The van der Waals surface area contributed by atoms with Gasteiger partial charge in [0.15, 0.2) is 5.65 Å². The van der Waals surface area contributed by atoms with E-state index in [0.717, 1.165) is 5.56 Å². The maximum Gasteiger partial charge on any atom is 0.263 e. The molecule has 0 aliphatic heterocycles. The molecule has 0 saturated carbocycles. The van der Waals surface area contributed by atoms with Gasteiger partial charge in [-0.2, -0.15) is 10.1 Å². The Morgan fingerprint density at radius 3 is 2.67 bits per heavy atom. The largest absolute Gasteiger partial charge is 0.355 e. The smallest absolute Gasteiger partial charge is 0.263 e. The predicted octanol–water partition coefficient (Wildman–Crippen LogP) is -0.0414. The number of aromatic nitrogens is 4. The lowest BCUT2D eigenvalue weighted by atomic mass is 10.1. The number of primary sulfonamides is 1. The summed E-state index contributed by atoms with van der Waals surface area (Å²) in [5, 5.41) is 12.5. The van der Waals surface area contributed by atoms with Crippen LogP contribution in [-0.2, 0) is 23.5 Å². The number of aryl methyl sites for hydroxylation is 1. The van der Waals surface area contributed by atoms with E-state index in [-0.39, 0.29) is 10.5 Å². The third-order valence-corrected chi connectivity index (χ3v) is 4.49. The average molecular weight is 348 g/mol. The predicted molar refractivity (Wildman–Crippen MR) is 89.1 cm³/mol. The summed E-state index contributed by atoms with van der Waals surface area (Å²) in [7, 11) is -1.97. The summed E-state index contributed by atoms with van der Waals surface area (Å²) in [6.07, 6.45) is 2.09. The molecule has 1 aromatic carbocycles. The van der Waals surface area contributed by atoms with Crippen molar-refractivity contribution in [2.45, 2.75) is 11.3 Å². The molecule has 0 radical (unpaired) electrons. The molecule has 0 atom stereocenters. The molecule has 0 saturated heterocycles. The van der Waals surface area contributed by atoms with Gasteiger partial charge in [0.2, 0.25) is 16.0 Å². The Balaban J connectivity index is 1.68. The number of benzene rings is 1. The van der Waals surface area contributed by atoms with Crippen LogP contribution in [0, 0.1) is 0 Å². The van der Waals surface area contributed by atoms with Crippen molar-refractivity contribution in [2.24, 2.45) is 12.2 Å². The third kappa shape index (κ3) is 3.29. The average Bonchev–Trinajstić information content (AvgIpc) is 2.89. The van der Waals surface area contributed by atoms with Gasteiger partial charge in [0, 0.05) is 13.6 Å². The molecule has 0 amide bonds. The van der Waals surface area contributed by atoms with Crippen molar-refractivity contribution < 1.29 is 8.42 Å². The number of nitrogens with one attached hydrogen (secondary N) is 2. The molecule has 24 heavy (non-hydrogen) atoms. The molecule has 0 aliphatic rings. The van der Waals surface area contributed by atoms with Crippen molar-refractivity contribution in [1.82, 2.24) is 19.7 Å². The van der Waals surface area contributed by atoms with Crippen molar-refractivity contribution in [3.05, 3.63) is 46.4 Å². The van der Waals surface area contributed by atoms with Crippen molar-refractivity contribution in [1.29, 1.82) is 0 Å². The van der Waals surface area contributed by atoms with Crippen LogP contribution in [0.5, 0.6) is 0 Å². The summed E-state index contributed by atoms with van der Waals surface area (Å²) in [4.78, 5) is 19.0. The molecule has 3 rings (SSSR count). The van der Waals surface area contributed by atoms with Gasteiger partial charge in [-0.25, -0.2) is 13.6 Å². The van der Waals surface area contributed by atoms with Crippen LogP contribution in [0.3, 0.4) is 0 Å². The number of hydrogen-bond acceptors (Lipinski definition) is 6. The number of anilines is 1. The molecule has 0 unspecified atom stereocenters. The Morgan fingerprint density at radius 1 is 1.29 bits per heavy atom. The molecule has 0 fully saturated rings. The van der Waals surface area contributed by atoms with Gasteiger partial charge in [-0.05, 0) is 24.1 Å². The van der Waals surface area contributed by atoms with E-state index in [9.17, 15) is 13.2 Å². The van der Waals surface area contributed by atoms with Gasteiger partial charge in [-0.1, -0.05) is 12.1 Å². The number of H-pyrrole nitrogens is 1. The minimum Gasteiger partial charge on any atom is -0.355 e. The summed E-state index contributed by atoms with van der Waals surface area (Å²) < 4.78 is 23.9. The van der Waals surface area contributed by atoms with Gasteiger partial charge < -0.3 is 5.32 Å². The highest BCUT2D eigenvalue weighted by atomic mass is 32.2. The minimum atomic E-state index is -3.68. The number of sulfonamides is 1. The SMILES string of the molecule is Cn1ncc2c(=O)[nH]c(NCCc3ccc(S(N)(=O)=O)cc3)nc21. The monoisotopic (exact) mass is 348 g/mol. The van der Waals surface area contributed by atoms with Crippen LogP contribution in [-0.4, -0.2) is 34.7 Å². The number of aromatic amines is 1. The van der Waals surface area contributed by atoms with E-state index in [2.05, 4.69) is 20.4 Å². The first-order valence-corrected chi connectivity index (χ1v) is 8.67. The minimum absolute atomic E-state index is 0.0758. The zero-order valence-corrected chi connectivity index (χ0v) is 13.7. The fourth-order valence-corrected chi connectivity index (χ4v) is 2.80. The number of rotatable bonds is 5. The van der Waals surface area contributed by atoms with Gasteiger partial charge >= 0.3 is 0 Å². The molecular weight excluding hydrogens is 332 g/mol. The second-order valence-electron chi connectivity index (χ2n) is 5.29. The molecule has 0 bridgehead atoms.